The number of hydrogen-bond acceptors (Lipinski definition) is 6. The van der Waals surface area contributed by atoms with Crippen LogP contribution in [-0.2, 0) is 12.8 Å². The zero-order chi connectivity index (χ0) is 26.7. The lowest BCUT2D eigenvalue weighted by atomic mass is 9.90. The lowest BCUT2D eigenvalue weighted by Gasteiger charge is -2.18. The number of allylic oxidation sites excluding steroid dienone is 1. The van der Waals surface area contributed by atoms with E-state index in [1.807, 2.05) is 45.0 Å². The van der Waals surface area contributed by atoms with Gasteiger partial charge in [0.25, 0.3) is 11.4 Å². The van der Waals surface area contributed by atoms with Crippen LogP contribution in [0.3, 0.4) is 0 Å². The maximum absolute atomic E-state index is 13.2. The molecule has 2 aromatic carbocycles. The van der Waals surface area contributed by atoms with Gasteiger partial charge in [0.2, 0.25) is 5.89 Å². The normalized spacial score (nSPS) is 11.1. The van der Waals surface area contributed by atoms with Crippen molar-refractivity contribution in [3.8, 4) is 34.1 Å². The van der Waals surface area contributed by atoms with Crippen molar-refractivity contribution in [2.75, 3.05) is 7.11 Å². The number of methoxy groups -OCH3 is 1. The second kappa shape index (κ2) is 10.9. The Hall–Kier alpha value is -4.13. The number of aromatic amines is 1. The van der Waals surface area contributed by atoms with Gasteiger partial charge in [-0.3, -0.25) is 4.79 Å². The van der Waals surface area contributed by atoms with Gasteiger partial charge in [0.15, 0.2) is 0 Å². The van der Waals surface area contributed by atoms with Crippen LogP contribution in [0.2, 0.25) is 0 Å². The van der Waals surface area contributed by atoms with E-state index in [9.17, 15) is 9.90 Å². The number of H-pyrrole nitrogens is 1. The van der Waals surface area contributed by atoms with Gasteiger partial charge in [0.1, 0.15) is 17.1 Å². The monoisotopic (exact) mass is 499 g/mol. The summed E-state index contributed by atoms with van der Waals surface area (Å²) in [6.07, 6.45) is 2.74. The molecular weight excluding hydrogens is 466 g/mol. The highest BCUT2D eigenvalue weighted by molar-refractivity contribution is 5.83. The number of benzene rings is 2. The number of pyridine rings is 1. The van der Waals surface area contributed by atoms with E-state index < -0.39 is 5.56 Å². The molecule has 0 radical (unpaired) electrons. The Bertz CT molecular complexity index is 1490. The maximum Gasteiger partial charge on any atom is 0.264 e. The molecule has 0 saturated carbocycles. The second-order valence-corrected chi connectivity index (χ2v) is 9.39. The number of aryl methyl sites for hydroxylation is 4. The molecule has 2 aromatic heterocycles. The van der Waals surface area contributed by atoms with Gasteiger partial charge < -0.3 is 19.2 Å². The largest absolute Gasteiger partial charge is 0.506 e. The average Bonchev–Trinajstić information content (AvgIpc) is 3.31. The maximum atomic E-state index is 13.2. The van der Waals surface area contributed by atoms with Crippen molar-refractivity contribution in [1.82, 2.24) is 15.2 Å². The molecular formula is C30H33N3O4. The molecule has 2 N–H and O–H groups in total. The predicted molar refractivity (Wildman–Crippen MR) is 146 cm³/mol. The number of hydrogen-bond donors (Lipinski definition) is 2. The Morgan fingerprint density at radius 1 is 1.08 bits per heavy atom. The Labute approximate surface area is 216 Å². The third kappa shape index (κ3) is 5.21. The van der Waals surface area contributed by atoms with Crippen molar-refractivity contribution in [2.45, 2.75) is 53.4 Å². The van der Waals surface area contributed by atoms with Crippen molar-refractivity contribution in [3.05, 3.63) is 87.2 Å². The highest BCUT2D eigenvalue weighted by Gasteiger charge is 2.25. The summed E-state index contributed by atoms with van der Waals surface area (Å²) in [4.78, 5) is 16.2. The van der Waals surface area contributed by atoms with E-state index in [1.54, 1.807) is 7.11 Å². The van der Waals surface area contributed by atoms with E-state index in [2.05, 4.69) is 40.8 Å². The fourth-order valence-electron chi connectivity index (χ4n) is 4.86. The lowest BCUT2D eigenvalue weighted by molar-refractivity contribution is 0.413. The minimum absolute atomic E-state index is 0.0312. The highest BCUT2D eigenvalue weighted by Crippen LogP contribution is 2.41. The minimum Gasteiger partial charge on any atom is -0.506 e. The van der Waals surface area contributed by atoms with Crippen LogP contribution in [0, 0.1) is 20.8 Å². The van der Waals surface area contributed by atoms with Gasteiger partial charge in [-0.2, -0.15) is 0 Å². The van der Waals surface area contributed by atoms with Gasteiger partial charge in [-0.25, -0.2) is 0 Å². The van der Waals surface area contributed by atoms with Crippen LogP contribution in [0.15, 0.2) is 52.2 Å². The zero-order valence-electron chi connectivity index (χ0n) is 22.1. The highest BCUT2D eigenvalue weighted by atomic mass is 16.5. The quantitative estimate of drug-likeness (QED) is 0.279. The van der Waals surface area contributed by atoms with Crippen molar-refractivity contribution in [2.24, 2.45) is 0 Å². The van der Waals surface area contributed by atoms with Crippen molar-refractivity contribution in [1.29, 1.82) is 0 Å². The molecule has 7 nitrogen and oxygen atoms in total. The molecule has 0 aliphatic heterocycles. The number of para-hydroxylation sites is 1. The molecule has 0 aliphatic rings. The van der Waals surface area contributed by atoms with E-state index in [0.717, 1.165) is 46.2 Å². The summed E-state index contributed by atoms with van der Waals surface area (Å²) in [5, 5.41) is 19.8. The van der Waals surface area contributed by atoms with Gasteiger partial charge in [0.05, 0.1) is 13.5 Å². The topological polar surface area (TPSA) is 101 Å². The number of rotatable bonds is 9. The van der Waals surface area contributed by atoms with Crippen LogP contribution in [0.1, 0.15) is 53.6 Å². The standard InChI is InChI=1S/C30H33N3O4/c1-7-8-12-22-26(25-19(4)14-17(2)15-20(25)5)28(34)27(29(35)31-22)30-33-32-24(37-30)16-18(3)21-11-9-10-13-23(21)36-6/h9-11,13-15H,3,7-8,12,16H2,1-2,4-6H3,(H2,31,34,35). The minimum atomic E-state index is -0.464. The van der Waals surface area contributed by atoms with Crippen LogP contribution in [0.5, 0.6) is 11.5 Å². The van der Waals surface area contributed by atoms with Crippen LogP contribution in [0.25, 0.3) is 28.2 Å². The third-order valence-corrected chi connectivity index (χ3v) is 6.51. The van der Waals surface area contributed by atoms with E-state index in [0.29, 0.717) is 23.4 Å². The summed E-state index contributed by atoms with van der Waals surface area (Å²) in [5.41, 5.74) is 6.44. The number of nitrogens with one attached hydrogen (secondary N) is 1. The number of aromatic nitrogens is 3. The number of nitrogens with zero attached hydrogens (tertiary/aromatic N) is 2. The van der Waals surface area contributed by atoms with E-state index in [4.69, 9.17) is 9.15 Å². The van der Waals surface area contributed by atoms with Gasteiger partial charge in [0, 0.05) is 16.8 Å². The van der Waals surface area contributed by atoms with E-state index in [-0.39, 0.29) is 29.5 Å². The first-order chi connectivity index (χ1) is 17.7. The molecule has 0 spiro atoms. The zero-order valence-corrected chi connectivity index (χ0v) is 22.1. The molecule has 192 valence electrons. The fourth-order valence-corrected chi connectivity index (χ4v) is 4.86. The van der Waals surface area contributed by atoms with E-state index >= 15 is 0 Å². The van der Waals surface area contributed by atoms with Gasteiger partial charge in [-0.1, -0.05) is 55.8 Å². The Morgan fingerprint density at radius 3 is 2.46 bits per heavy atom. The van der Waals surface area contributed by atoms with E-state index in [1.165, 1.54) is 0 Å². The van der Waals surface area contributed by atoms with Gasteiger partial charge in [-0.15, -0.1) is 10.2 Å². The Kier molecular flexibility index (Phi) is 7.62. The molecule has 4 aromatic rings. The smallest absolute Gasteiger partial charge is 0.264 e. The summed E-state index contributed by atoms with van der Waals surface area (Å²) >= 11 is 0. The van der Waals surface area contributed by atoms with Crippen LogP contribution >= 0.6 is 0 Å². The molecule has 2 heterocycles. The molecule has 37 heavy (non-hydrogen) atoms. The first-order valence-electron chi connectivity index (χ1n) is 12.4. The average molecular weight is 500 g/mol. The molecule has 7 heteroatoms. The SMILES string of the molecule is C=C(Cc1nnc(-c2c(O)c(-c3c(C)cc(C)cc3C)c(CCCC)[nH]c2=O)o1)c1ccccc1OC. The fraction of sp³-hybridized carbons (Fsp3) is 0.300. The van der Waals surface area contributed by atoms with Crippen LogP contribution in [-0.4, -0.2) is 27.4 Å². The molecule has 0 unspecified atom stereocenters. The van der Waals surface area contributed by atoms with Crippen LogP contribution < -0.4 is 10.3 Å². The summed E-state index contributed by atoms with van der Waals surface area (Å²) < 4.78 is 11.3. The van der Waals surface area contributed by atoms with Crippen molar-refractivity contribution < 1.29 is 14.3 Å². The summed E-state index contributed by atoms with van der Waals surface area (Å²) in [7, 11) is 1.60. The number of unbranched alkanes of at least 4 members (excludes halogenated alkanes) is 1. The van der Waals surface area contributed by atoms with Crippen molar-refractivity contribution >= 4 is 5.57 Å². The summed E-state index contributed by atoms with van der Waals surface area (Å²) in [5.74, 6) is 0.789. The predicted octanol–water partition coefficient (Wildman–Crippen LogP) is 6.33. The Morgan fingerprint density at radius 2 is 1.78 bits per heavy atom. The summed E-state index contributed by atoms with van der Waals surface area (Å²) in [6.45, 7) is 12.3. The van der Waals surface area contributed by atoms with Crippen molar-refractivity contribution in [3.63, 3.8) is 0 Å². The molecule has 0 atom stereocenters. The first kappa shape index (κ1) is 25.9. The van der Waals surface area contributed by atoms with Crippen LogP contribution in [0.4, 0.5) is 0 Å². The molecule has 0 bridgehead atoms. The molecule has 0 saturated heterocycles. The lowest BCUT2D eigenvalue weighted by Crippen LogP contribution is -2.14. The van der Waals surface area contributed by atoms with Gasteiger partial charge in [-0.05, 0) is 61.9 Å². The molecule has 4 rings (SSSR count). The summed E-state index contributed by atoms with van der Waals surface area (Å²) in [6, 6.07) is 11.7. The third-order valence-electron chi connectivity index (χ3n) is 6.51. The molecule has 0 amide bonds. The Balaban J connectivity index is 1.79. The first-order valence-corrected chi connectivity index (χ1v) is 12.4. The molecule has 0 aliphatic carbocycles. The molecule has 0 fully saturated rings. The van der Waals surface area contributed by atoms with Gasteiger partial charge >= 0.3 is 0 Å². The number of aromatic hydroxyl groups is 1. The second-order valence-electron chi connectivity index (χ2n) is 9.39. The number of ether oxygens (including phenoxy) is 1.